The summed E-state index contributed by atoms with van der Waals surface area (Å²) in [5, 5.41) is 10.7. The second-order valence-electron chi connectivity index (χ2n) is 4.89. The topological polar surface area (TPSA) is 75.2 Å². The Hall–Kier alpha value is -0.800. The van der Waals surface area contributed by atoms with Crippen LogP contribution in [-0.4, -0.2) is 59.1 Å². The third kappa shape index (κ3) is 7.68. The Morgan fingerprint density at radius 2 is 1.86 bits per heavy atom. The minimum absolute atomic E-state index is 0.0258. The first-order chi connectivity index (χ1) is 9.88. The number of carbonyl (C=O) groups excluding carboxylic acids is 2. The van der Waals surface area contributed by atoms with Gasteiger partial charge in [-0.25, -0.2) is 0 Å². The number of nitrogens with one attached hydrogen (secondary N) is 1. The predicted octanol–water partition coefficient (Wildman–Crippen LogP) is 1.58. The first kappa shape index (κ1) is 18.2. The minimum Gasteiger partial charge on any atom is -0.347 e. The maximum atomic E-state index is 11.6. The number of rotatable bonds is 8. The van der Waals surface area contributed by atoms with E-state index < -0.39 is 0 Å². The molecule has 1 heterocycles. The van der Waals surface area contributed by atoms with E-state index >= 15 is 0 Å². The van der Waals surface area contributed by atoms with Crippen molar-refractivity contribution in [2.75, 3.05) is 32.1 Å². The largest absolute Gasteiger partial charge is 0.347 e. The van der Waals surface area contributed by atoms with Crippen LogP contribution in [0.5, 0.6) is 0 Å². The van der Waals surface area contributed by atoms with E-state index in [4.69, 9.17) is 0 Å². The lowest BCUT2D eigenvalue weighted by atomic mass is 10.3. The lowest BCUT2D eigenvalue weighted by molar-refractivity contribution is -0.130. The van der Waals surface area contributed by atoms with Gasteiger partial charge in [0.25, 0.3) is 0 Å². The summed E-state index contributed by atoms with van der Waals surface area (Å²) in [7, 11) is 3.31. The Balaban J connectivity index is 2.28. The average molecular weight is 349 g/mol. The number of hydrogen-bond donors (Lipinski definition) is 1. The smallest absolute Gasteiger partial charge is 0.241 e. The molecule has 21 heavy (non-hydrogen) atoms. The molecule has 1 N–H and O–H groups in total. The Kier molecular flexibility index (Phi) is 8.05. The average Bonchev–Trinajstić information content (AvgIpc) is 2.88. The Bertz CT molecular complexity index is 477. The molecule has 0 aliphatic rings. The van der Waals surface area contributed by atoms with E-state index in [-0.39, 0.29) is 24.1 Å². The molecule has 1 aromatic rings. The normalized spacial score (nSPS) is 10.7. The van der Waals surface area contributed by atoms with E-state index in [0.717, 1.165) is 14.4 Å². The summed E-state index contributed by atoms with van der Waals surface area (Å²) in [4.78, 5) is 24.4. The van der Waals surface area contributed by atoms with Crippen LogP contribution in [0, 0.1) is 5.92 Å². The highest BCUT2D eigenvalue weighted by atomic mass is 32.2. The highest BCUT2D eigenvalue weighted by Gasteiger charge is 2.10. The van der Waals surface area contributed by atoms with Crippen LogP contribution in [0.15, 0.2) is 8.68 Å². The molecule has 0 spiro atoms. The van der Waals surface area contributed by atoms with Crippen LogP contribution in [0.3, 0.4) is 0 Å². The Labute approximate surface area is 137 Å². The van der Waals surface area contributed by atoms with Gasteiger partial charge in [0, 0.05) is 19.8 Å². The fraction of sp³-hybridized carbons (Fsp3) is 0.667. The highest BCUT2D eigenvalue weighted by molar-refractivity contribution is 8.03. The van der Waals surface area contributed by atoms with E-state index in [0.29, 0.717) is 5.92 Å². The maximum Gasteiger partial charge on any atom is 0.241 e. The summed E-state index contributed by atoms with van der Waals surface area (Å²) >= 11 is 4.51. The molecule has 0 saturated carbocycles. The van der Waals surface area contributed by atoms with Gasteiger partial charge in [-0.3, -0.25) is 9.59 Å². The highest BCUT2D eigenvalue weighted by Crippen LogP contribution is 2.29. The zero-order chi connectivity index (χ0) is 15.8. The Morgan fingerprint density at radius 1 is 1.24 bits per heavy atom. The van der Waals surface area contributed by atoms with Gasteiger partial charge in [0.15, 0.2) is 8.68 Å². The number of hydrogen-bond acceptors (Lipinski definition) is 7. The van der Waals surface area contributed by atoms with Crippen LogP contribution in [0.25, 0.3) is 0 Å². The number of amides is 2. The summed E-state index contributed by atoms with van der Waals surface area (Å²) in [5.74, 6) is 1.55. The van der Waals surface area contributed by atoms with Crippen molar-refractivity contribution in [1.29, 1.82) is 0 Å². The van der Waals surface area contributed by atoms with Crippen molar-refractivity contribution in [3.63, 3.8) is 0 Å². The fourth-order valence-corrected chi connectivity index (χ4v) is 3.89. The molecule has 0 atom stereocenters. The second-order valence-corrected chi connectivity index (χ2v) is 8.36. The molecule has 1 rings (SSSR count). The van der Waals surface area contributed by atoms with Gasteiger partial charge >= 0.3 is 0 Å². The van der Waals surface area contributed by atoms with Crippen molar-refractivity contribution in [3.05, 3.63) is 0 Å². The summed E-state index contributed by atoms with van der Waals surface area (Å²) < 4.78 is 1.70. The number of aromatic nitrogens is 2. The molecule has 6 nitrogen and oxygen atoms in total. The van der Waals surface area contributed by atoms with E-state index in [1.807, 2.05) is 0 Å². The van der Waals surface area contributed by atoms with E-state index in [1.54, 1.807) is 25.9 Å². The van der Waals surface area contributed by atoms with Crippen molar-refractivity contribution in [2.24, 2.45) is 5.92 Å². The molecule has 2 amide bonds. The molecule has 118 valence electrons. The summed E-state index contributed by atoms with van der Waals surface area (Å²) in [6.07, 6.45) is 0. The van der Waals surface area contributed by atoms with Crippen LogP contribution in [0.2, 0.25) is 0 Å². The van der Waals surface area contributed by atoms with Crippen LogP contribution >= 0.6 is 34.9 Å². The fourth-order valence-electron chi connectivity index (χ4n) is 1.06. The van der Waals surface area contributed by atoms with Gasteiger partial charge in [-0.1, -0.05) is 48.7 Å². The molecular weight excluding hydrogens is 328 g/mol. The van der Waals surface area contributed by atoms with Crippen molar-refractivity contribution in [3.8, 4) is 0 Å². The van der Waals surface area contributed by atoms with E-state index in [2.05, 4.69) is 29.4 Å². The molecular formula is C12H20N4O2S3. The van der Waals surface area contributed by atoms with Gasteiger partial charge in [0.05, 0.1) is 12.3 Å². The first-order valence-corrected chi connectivity index (χ1v) is 9.23. The zero-order valence-electron chi connectivity index (χ0n) is 12.6. The molecule has 0 aliphatic heterocycles. The number of nitrogens with zero attached hydrogens (tertiary/aromatic N) is 3. The number of likely N-dealkylation sites (N-methyl/N-ethyl adjacent to an activating group) is 1. The van der Waals surface area contributed by atoms with Crippen LogP contribution in [-0.2, 0) is 9.59 Å². The second kappa shape index (κ2) is 9.26. The van der Waals surface area contributed by atoms with Crippen molar-refractivity contribution in [1.82, 2.24) is 20.4 Å². The summed E-state index contributed by atoms with van der Waals surface area (Å²) in [5.41, 5.74) is 0. The van der Waals surface area contributed by atoms with Gasteiger partial charge in [0.1, 0.15) is 0 Å². The monoisotopic (exact) mass is 348 g/mol. The zero-order valence-corrected chi connectivity index (χ0v) is 15.0. The van der Waals surface area contributed by atoms with Gasteiger partial charge in [-0.05, 0) is 5.92 Å². The molecule has 1 aromatic heterocycles. The minimum atomic E-state index is -0.179. The molecule has 9 heteroatoms. The lowest BCUT2D eigenvalue weighted by Gasteiger charge is -2.10. The van der Waals surface area contributed by atoms with Gasteiger partial charge in [-0.15, -0.1) is 10.2 Å². The van der Waals surface area contributed by atoms with Crippen molar-refractivity contribution >= 4 is 46.7 Å². The Morgan fingerprint density at radius 3 is 2.43 bits per heavy atom. The summed E-state index contributed by atoms with van der Waals surface area (Å²) in [6.45, 7) is 4.34. The van der Waals surface area contributed by atoms with Crippen LogP contribution in [0.1, 0.15) is 13.8 Å². The van der Waals surface area contributed by atoms with Gasteiger partial charge in [-0.2, -0.15) is 0 Å². The maximum absolute atomic E-state index is 11.6. The molecule has 0 fully saturated rings. The number of carbonyl (C=O) groups is 2. The summed E-state index contributed by atoms with van der Waals surface area (Å²) in [6, 6.07) is 0. The quantitative estimate of drug-likeness (QED) is 0.719. The van der Waals surface area contributed by atoms with Crippen LogP contribution < -0.4 is 5.32 Å². The van der Waals surface area contributed by atoms with Gasteiger partial charge < -0.3 is 10.2 Å². The van der Waals surface area contributed by atoms with Gasteiger partial charge in [0.2, 0.25) is 11.8 Å². The van der Waals surface area contributed by atoms with Crippen molar-refractivity contribution < 1.29 is 9.59 Å². The molecule has 0 saturated heterocycles. The number of thioether (sulfide) groups is 2. The molecule has 0 radical (unpaired) electrons. The lowest BCUT2D eigenvalue weighted by Crippen LogP contribution is -2.36. The molecule has 0 unspecified atom stereocenters. The first-order valence-electron chi connectivity index (χ1n) is 6.44. The molecule has 0 aromatic carbocycles. The third-order valence-corrected chi connectivity index (χ3v) is 5.81. The predicted molar refractivity (Wildman–Crippen MR) is 87.9 cm³/mol. The van der Waals surface area contributed by atoms with Crippen molar-refractivity contribution in [2.45, 2.75) is 22.5 Å². The molecule has 0 bridgehead atoms. The molecule has 0 aliphatic carbocycles. The van der Waals surface area contributed by atoms with E-state index in [9.17, 15) is 9.59 Å². The SMILES string of the molecule is CC(C)CSc1nnc(SCC(=O)NCC(=O)N(C)C)s1. The van der Waals surface area contributed by atoms with Crippen LogP contribution in [0.4, 0.5) is 0 Å². The van der Waals surface area contributed by atoms with E-state index in [1.165, 1.54) is 28.0 Å². The standard InChI is InChI=1S/C12H20N4O2S3/c1-8(2)6-19-11-14-15-12(21-11)20-7-9(17)13-5-10(18)16(3)4/h8H,5-7H2,1-4H3,(H,13,17). The third-order valence-electron chi connectivity index (χ3n) is 2.19.